The van der Waals surface area contributed by atoms with Crippen LogP contribution in [0.4, 0.5) is 0 Å². The van der Waals surface area contributed by atoms with E-state index >= 15 is 0 Å². The Labute approximate surface area is 198 Å². The van der Waals surface area contributed by atoms with E-state index in [4.69, 9.17) is 17.3 Å². The van der Waals surface area contributed by atoms with Crippen molar-refractivity contribution >= 4 is 51.6 Å². The van der Waals surface area contributed by atoms with E-state index in [1.54, 1.807) is 36.4 Å². The van der Waals surface area contributed by atoms with E-state index in [1.165, 1.54) is 11.3 Å². The van der Waals surface area contributed by atoms with Crippen LogP contribution in [0, 0.1) is 0 Å². The Kier molecular flexibility index (Phi) is 6.67. The molecule has 2 heterocycles. The first kappa shape index (κ1) is 22.4. The van der Waals surface area contributed by atoms with Gasteiger partial charge in [0, 0.05) is 17.5 Å². The summed E-state index contributed by atoms with van der Waals surface area (Å²) in [6.07, 6.45) is 0. The lowest BCUT2D eigenvalue weighted by Crippen LogP contribution is -2.33. The SMILES string of the molecule is NC(=O)CNC(=O)c1ccc(CNC(=O)c2cc(-c3ccc(Cl)s3)nc3ccccc23)cc1. The predicted molar refractivity (Wildman–Crippen MR) is 129 cm³/mol. The van der Waals surface area contributed by atoms with Gasteiger partial charge in [-0.2, -0.15) is 0 Å². The molecule has 3 amide bonds. The summed E-state index contributed by atoms with van der Waals surface area (Å²) in [6.45, 7) is 0.0506. The van der Waals surface area contributed by atoms with Crippen LogP contribution < -0.4 is 16.4 Å². The highest BCUT2D eigenvalue weighted by Crippen LogP contribution is 2.32. The number of nitrogens with zero attached hydrogens (tertiary/aromatic N) is 1. The van der Waals surface area contributed by atoms with E-state index in [0.29, 0.717) is 21.2 Å². The van der Waals surface area contributed by atoms with Crippen LogP contribution in [0.25, 0.3) is 21.5 Å². The van der Waals surface area contributed by atoms with Crippen LogP contribution in [-0.4, -0.2) is 29.3 Å². The van der Waals surface area contributed by atoms with Gasteiger partial charge < -0.3 is 16.4 Å². The largest absolute Gasteiger partial charge is 0.368 e. The van der Waals surface area contributed by atoms with Crippen molar-refractivity contribution < 1.29 is 14.4 Å². The molecule has 2 aromatic heterocycles. The van der Waals surface area contributed by atoms with Crippen molar-refractivity contribution in [2.24, 2.45) is 5.73 Å². The topological polar surface area (TPSA) is 114 Å². The van der Waals surface area contributed by atoms with E-state index in [0.717, 1.165) is 21.3 Å². The summed E-state index contributed by atoms with van der Waals surface area (Å²) in [7, 11) is 0. The Bertz CT molecular complexity index is 1350. The molecule has 0 unspecified atom stereocenters. The Hall–Kier alpha value is -3.75. The van der Waals surface area contributed by atoms with Gasteiger partial charge in [-0.25, -0.2) is 4.98 Å². The molecule has 4 N–H and O–H groups in total. The Morgan fingerprint density at radius 3 is 2.39 bits per heavy atom. The van der Waals surface area contributed by atoms with Gasteiger partial charge in [-0.15, -0.1) is 11.3 Å². The van der Waals surface area contributed by atoms with Gasteiger partial charge in [0.2, 0.25) is 5.91 Å². The highest BCUT2D eigenvalue weighted by molar-refractivity contribution is 7.19. The van der Waals surface area contributed by atoms with Gasteiger partial charge >= 0.3 is 0 Å². The molecule has 0 aliphatic heterocycles. The van der Waals surface area contributed by atoms with Crippen LogP contribution >= 0.6 is 22.9 Å². The number of nitrogens with two attached hydrogens (primary N) is 1. The molecule has 0 bridgehead atoms. The van der Waals surface area contributed by atoms with Crippen LogP contribution in [0.3, 0.4) is 0 Å². The number of carbonyl (C=O) groups excluding carboxylic acids is 3. The number of rotatable bonds is 7. The van der Waals surface area contributed by atoms with Crippen molar-refractivity contribution in [2.75, 3.05) is 6.54 Å². The van der Waals surface area contributed by atoms with Gasteiger partial charge in [-0.05, 0) is 42.0 Å². The Morgan fingerprint density at radius 2 is 1.70 bits per heavy atom. The second-order valence-corrected chi connectivity index (χ2v) is 8.92. The monoisotopic (exact) mass is 478 g/mol. The number of benzene rings is 2. The molecule has 0 spiro atoms. The molecule has 4 rings (SSSR count). The van der Waals surface area contributed by atoms with Crippen molar-refractivity contribution in [1.29, 1.82) is 0 Å². The molecule has 0 aliphatic carbocycles. The van der Waals surface area contributed by atoms with E-state index in [2.05, 4.69) is 15.6 Å². The molecule has 0 radical (unpaired) electrons. The van der Waals surface area contributed by atoms with Crippen LogP contribution in [0.2, 0.25) is 4.34 Å². The van der Waals surface area contributed by atoms with E-state index in [9.17, 15) is 14.4 Å². The number of pyridine rings is 1. The minimum Gasteiger partial charge on any atom is -0.368 e. The third-order valence-electron chi connectivity index (χ3n) is 4.88. The average molecular weight is 479 g/mol. The number of thiophene rings is 1. The van der Waals surface area contributed by atoms with Crippen molar-refractivity contribution in [3.63, 3.8) is 0 Å². The molecule has 33 heavy (non-hydrogen) atoms. The molecule has 0 saturated heterocycles. The first-order valence-electron chi connectivity index (χ1n) is 10.00. The first-order chi connectivity index (χ1) is 15.9. The maximum absolute atomic E-state index is 13.1. The normalized spacial score (nSPS) is 10.7. The van der Waals surface area contributed by atoms with Gasteiger partial charge in [0.25, 0.3) is 11.8 Å². The number of aromatic nitrogens is 1. The third-order valence-corrected chi connectivity index (χ3v) is 6.13. The maximum Gasteiger partial charge on any atom is 0.252 e. The Morgan fingerprint density at radius 1 is 0.939 bits per heavy atom. The minimum absolute atomic E-state index is 0.226. The smallest absolute Gasteiger partial charge is 0.252 e. The number of halogens is 1. The van der Waals surface area contributed by atoms with E-state index in [1.807, 2.05) is 30.3 Å². The number of carbonyl (C=O) groups is 3. The first-order valence-corrected chi connectivity index (χ1v) is 11.2. The molecule has 0 fully saturated rings. The van der Waals surface area contributed by atoms with Crippen LogP contribution in [-0.2, 0) is 11.3 Å². The zero-order valence-corrected chi connectivity index (χ0v) is 18.9. The fraction of sp³-hybridized carbons (Fsp3) is 0.0833. The number of primary amides is 1. The summed E-state index contributed by atoms with van der Waals surface area (Å²) in [5.41, 5.74) is 8.16. The molecule has 166 valence electrons. The summed E-state index contributed by atoms with van der Waals surface area (Å²) in [5.74, 6) is -1.24. The number of hydrogen-bond acceptors (Lipinski definition) is 5. The number of hydrogen-bond donors (Lipinski definition) is 3. The zero-order valence-electron chi connectivity index (χ0n) is 17.3. The molecule has 0 saturated carbocycles. The average Bonchev–Trinajstić information content (AvgIpc) is 3.26. The Balaban J connectivity index is 1.51. The quantitative estimate of drug-likeness (QED) is 0.375. The minimum atomic E-state index is -0.614. The third kappa shape index (κ3) is 5.36. The standard InChI is InChI=1S/C24H19ClN4O3S/c25-21-10-9-20(33-21)19-11-17(16-3-1-2-4-18(16)29-19)24(32)27-12-14-5-7-15(8-6-14)23(31)28-13-22(26)30/h1-11H,12-13H2,(H2,26,30)(H,27,32)(H,28,31). The molecule has 4 aromatic rings. The molecular formula is C24H19ClN4O3S. The number of para-hydroxylation sites is 1. The highest BCUT2D eigenvalue weighted by Gasteiger charge is 2.15. The van der Waals surface area contributed by atoms with Gasteiger partial charge in [-0.3, -0.25) is 14.4 Å². The van der Waals surface area contributed by atoms with Crippen molar-refractivity contribution in [2.45, 2.75) is 6.54 Å². The van der Waals surface area contributed by atoms with Gasteiger partial charge in [0.1, 0.15) is 0 Å². The second kappa shape index (κ2) is 9.81. The lowest BCUT2D eigenvalue weighted by molar-refractivity contribution is -0.117. The fourth-order valence-electron chi connectivity index (χ4n) is 3.26. The van der Waals surface area contributed by atoms with Crippen LogP contribution in [0.15, 0.2) is 66.7 Å². The zero-order chi connectivity index (χ0) is 23.4. The maximum atomic E-state index is 13.1. The molecule has 7 nitrogen and oxygen atoms in total. The number of fused-ring (bicyclic) bond motifs is 1. The summed E-state index contributed by atoms with van der Waals surface area (Å²) in [6, 6.07) is 19.7. The molecule has 0 aliphatic rings. The summed E-state index contributed by atoms with van der Waals surface area (Å²) in [5, 5.41) is 6.11. The number of amides is 3. The van der Waals surface area contributed by atoms with Gasteiger partial charge in [0.05, 0.1) is 32.5 Å². The fourth-order valence-corrected chi connectivity index (χ4v) is 4.27. The second-order valence-electron chi connectivity index (χ2n) is 7.20. The highest BCUT2D eigenvalue weighted by atomic mass is 35.5. The lowest BCUT2D eigenvalue weighted by atomic mass is 10.1. The summed E-state index contributed by atoms with van der Waals surface area (Å²) >= 11 is 7.48. The van der Waals surface area contributed by atoms with Gasteiger partial charge in [-0.1, -0.05) is 41.9 Å². The van der Waals surface area contributed by atoms with Crippen LogP contribution in [0.1, 0.15) is 26.3 Å². The number of nitrogens with one attached hydrogen (secondary N) is 2. The molecular weight excluding hydrogens is 460 g/mol. The summed E-state index contributed by atoms with van der Waals surface area (Å²) in [4.78, 5) is 41.4. The van der Waals surface area contributed by atoms with Gasteiger partial charge in [0.15, 0.2) is 0 Å². The van der Waals surface area contributed by atoms with E-state index in [-0.39, 0.29) is 19.0 Å². The van der Waals surface area contributed by atoms with Crippen molar-refractivity contribution in [1.82, 2.24) is 15.6 Å². The van der Waals surface area contributed by atoms with Crippen LogP contribution in [0.5, 0.6) is 0 Å². The summed E-state index contributed by atoms with van der Waals surface area (Å²) < 4.78 is 0.651. The molecule has 0 atom stereocenters. The van der Waals surface area contributed by atoms with Crippen molar-refractivity contribution in [3.05, 3.63) is 87.8 Å². The predicted octanol–water partition coefficient (Wildman–Crippen LogP) is 3.76. The van der Waals surface area contributed by atoms with Crippen molar-refractivity contribution in [3.8, 4) is 10.6 Å². The molecule has 2 aromatic carbocycles. The lowest BCUT2D eigenvalue weighted by Gasteiger charge is -2.10. The molecule has 9 heteroatoms. The van der Waals surface area contributed by atoms with E-state index < -0.39 is 11.8 Å².